The van der Waals surface area contributed by atoms with Crippen molar-refractivity contribution in [2.75, 3.05) is 0 Å². The van der Waals surface area contributed by atoms with Gasteiger partial charge in [0.05, 0.1) is 17.3 Å². The SMILES string of the molecule is I.NC(=O)c1cnn2cccc2c1. The molecular formula is C8H8IN3O. The molecule has 5 heteroatoms. The number of primary amides is 1. The number of hydrogen-bond acceptors (Lipinski definition) is 2. The largest absolute Gasteiger partial charge is 0.366 e. The Bertz CT molecular complexity index is 438. The molecule has 0 saturated heterocycles. The minimum absolute atomic E-state index is 0. The van der Waals surface area contributed by atoms with Crippen LogP contribution in [0.1, 0.15) is 10.4 Å². The zero-order valence-corrected chi connectivity index (χ0v) is 9.01. The van der Waals surface area contributed by atoms with Crippen molar-refractivity contribution in [3.8, 4) is 0 Å². The summed E-state index contributed by atoms with van der Waals surface area (Å²) in [6.45, 7) is 0. The molecule has 2 rings (SSSR count). The average molecular weight is 289 g/mol. The van der Waals surface area contributed by atoms with Crippen LogP contribution < -0.4 is 5.73 Å². The molecule has 13 heavy (non-hydrogen) atoms. The van der Waals surface area contributed by atoms with Crippen molar-refractivity contribution in [1.82, 2.24) is 9.61 Å². The van der Waals surface area contributed by atoms with E-state index in [4.69, 9.17) is 5.73 Å². The Morgan fingerprint density at radius 3 is 3.00 bits per heavy atom. The Morgan fingerprint density at radius 1 is 1.54 bits per heavy atom. The molecule has 0 atom stereocenters. The molecule has 2 aromatic heterocycles. The number of aromatic nitrogens is 2. The summed E-state index contributed by atoms with van der Waals surface area (Å²) in [6, 6.07) is 5.42. The molecule has 2 N–H and O–H groups in total. The minimum Gasteiger partial charge on any atom is -0.366 e. The van der Waals surface area contributed by atoms with Crippen LogP contribution in [0.25, 0.3) is 5.52 Å². The van der Waals surface area contributed by atoms with E-state index in [9.17, 15) is 4.79 Å². The van der Waals surface area contributed by atoms with Gasteiger partial charge in [0.25, 0.3) is 0 Å². The van der Waals surface area contributed by atoms with Gasteiger partial charge < -0.3 is 5.73 Å². The van der Waals surface area contributed by atoms with Gasteiger partial charge in [0.2, 0.25) is 5.91 Å². The Balaban J connectivity index is 0.000000845. The highest BCUT2D eigenvalue weighted by molar-refractivity contribution is 14.0. The first-order chi connectivity index (χ1) is 5.77. The van der Waals surface area contributed by atoms with E-state index in [1.165, 1.54) is 6.20 Å². The van der Waals surface area contributed by atoms with Crippen molar-refractivity contribution >= 4 is 35.4 Å². The summed E-state index contributed by atoms with van der Waals surface area (Å²) in [6.07, 6.45) is 3.26. The fraction of sp³-hybridized carbons (Fsp3) is 0. The van der Waals surface area contributed by atoms with Crippen molar-refractivity contribution in [3.05, 3.63) is 36.2 Å². The van der Waals surface area contributed by atoms with E-state index in [0.717, 1.165) is 5.52 Å². The number of carbonyl (C=O) groups excluding carboxylic acids is 1. The molecule has 0 bridgehead atoms. The first-order valence-corrected chi connectivity index (χ1v) is 3.50. The molecule has 1 amide bonds. The van der Waals surface area contributed by atoms with Crippen molar-refractivity contribution in [1.29, 1.82) is 0 Å². The maximum atomic E-state index is 10.7. The highest BCUT2D eigenvalue weighted by atomic mass is 127. The molecule has 0 radical (unpaired) electrons. The third-order valence-corrected chi connectivity index (χ3v) is 1.67. The highest BCUT2D eigenvalue weighted by Gasteiger charge is 2.01. The summed E-state index contributed by atoms with van der Waals surface area (Å²) in [7, 11) is 0. The van der Waals surface area contributed by atoms with Gasteiger partial charge in [-0.15, -0.1) is 24.0 Å². The molecule has 0 fully saturated rings. The van der Waals surface area contributed by atoms with Crippen LogP contribution in [0.3, 0.4) is 0 Å². The van der Waals surface area contributed by atoms with E-state index in [1.807, 2.05) is 12.1 Å². The first-order valence-electron chi connectivity index (χ1n) is 3.50. The number of rotatable bonds is 1. The van der Waals surface area contributed by atoms with Crippen LogP contribution in [0.2, 0.25) is 0 Å². The van der Waals surface area contributed by atoms with Crippen molar-refractivity contribution < 1.29 is 4.79 Å². The number of amides is 1. The summed E-state index contributed by atoms with van der Waals surface area (Å²) in [4.78, 5) is 10.7. The lowest BCUT2D eigenvalue weighted by Gasteiger charge is -1.95. The second-order valence-electron chi connectivity index (χ2n) is 2.49. The second-order valence-corrected chi connectivity index (χ2v) is 2.49. The molecule has 0 spiro atoms. The minimum atomic E-state index is -0.453. The number of nitrogens with two attached hydrogens (primary N) is 1. The Hall–Kier alpha value is -1.11. The third-order valence-electron chi connectivity index (χ3n) is 1.67. The molecule has 0 unspecified atom stereocenters. The quantitative estimate of drug-likeness (QED) is 0.798. The Morgan fingerprint density at radius 2 is 2.31 bits per heavy atom. The number of fused-ring (bicyclic) bond motifs is 1. The lowest BCUT2D eigenvalue weighted by molar-refractivity contribution is 0.1000. The van der Waals surface area contributed by atoms with Gasteiger partial charge in [-0.1, -0.05) is 0 Å². The van der Waals surface area contributed by atoms with Crippen LogP contribution in [0.4, 0.5) is 0 Å². The summed E-state index contributed by atoms with van der Waals surface area (Å²) >= 11 is 0. The van der Waals surface area contributed by atoms with Crippen LogP contribution in [-0.2, 0) is 0 Å². The van der Waals surface area contributed by atoms with E-state index < -0.39 is 5.91 Å². The molecule has 0 aliphatic heterocycles. The normalized spacial score (nSPS) is 9.54. The van der Waals surface area contributed by atoms with Gasteiger partial charge in [-0.05, 0) is 18.2 Å². The summed E-state index contributed by atoms with van der Waals surface area (Å²) in [5, 5.41) is 3.98. The molecule has 2 heterocycles. The van der Waals surface area contributed by atoms with Gasteiger partial charge in [0.1, 0.15) is 0 Å². The fourth-order valence-electron chi connectivity index (χ4n) is 1.06. The molecule has 0 aliphatic carbocycles. The predicted octanol–water partition coefficient (Wildman–Crippen LogP) is 1.05. The zero-order valence-electron chi connectivity index (χ0n) is 6.68. The summed E-state index contributed by atoms with van der Waals surface area (Å²) < 4.78 is 1.67. The molecule has 2 aromatic rings. The molecular weight excluding hydrogens is 281 g/mol. The summed E-state index contributed by atoms with van der Waals surface area (Å²) in [5.41, 5.74) is 6.38. The topological polar surface area (TPSA) is 60.4 Å². The van der Waals surface area contributed by atoms with E-state index in [0.29, 0.717) is 5.56 Å². The molecule has 68 valence electrons. The summed E-state index contributed by atoms with van der Waals surface area (Å²) in [5.74, 6) is -0.453. The van der Waals surface area contributed by atoms with Crippen LogP contribution in [0.5, 0.6) is 0 Å². The number of nitrogens with zero attached hydrogens (tertiary/aromatic N) is 2. The van der Waals surface area contributed by atoms with Gasteiger partial charge in [-0.2, -0.15) is 5.10 Å². The van der Waals surface area contributed by atoms with Crippen molar-refractivity contribution in [2.45, 2.75) is 0 Å². The van der Waals surface area contributed by atoms with Gasteiger partial charge in [0, 0.05) is 6.20 Å². The van der Waals surface area contributed by atoms with E-state index in [-0.39, 0.29) is 24.0 Å². The average Bonchev–Trinajstić information content (AvgIpc) is 2.49. The number of carbonyl (C=O) groups is 1. The number of hydrogen-bond donors (Lipinski definition) is 1. The lowest BCUT2D eigenvalue weighted by Crippen LogP contribution is -2.11. The maximum absolute atomic E-state index is 10.7. The van der Waals surface area contributed by atoms with Gasteiger partial charge >= 0.3 is 0 Å². The van der Waals surface area contributed by atoms with Crippen molar-refractivity contribution in [2.24, 2.45) is 5.73 Å². The smallest absolute Gasteiger partial charge is 0.250 e. The lowest BCUT2D eigenvalue weighted by atomic mass is 10.3. The predicted molar refractivity (Wildman–Crippen MR) is 59.1 cm³/mol. The Labute approximate surface area is 91.7 Å². The standard InChI is InChI=1S/C8H7N3O.HI/c9-8(12)6-4-7-2-1-3-11(7)10-5-6;/h1-5H,(H2,9,12);1H. The van der Waals surface area contributed by atoms with E-state index in [1.54, 1.807) is 16.8 Å². The Kier molecular flexibility index (Phi) is 2.86. The van der Waals surface area contributed by atoms with Crippen LogP contribution in [0.15, 0.2) is 30.6 Å². The van der Waals surface area contributed by atoms with Gasteiger partial charge in [-0.3, -0.25) is 4.79 Å². The van der Waals surface area contributed by atoms with Crippen LogP contribution in [-0.4, -0.2) is 15.5 Å². The maximum Gasteiger partial charge on any atom is 0.250 e. The monoisotopic (exact) mass is 289 g/mol. The third kappa shape index (κ3) is 1.80. The molecule has 0 saturated carbocycles. The highest BCUT2D eigenvalue weighted by Crippen LogP contribution is 2.04. The van der Waals surface area contributed by atoms with E-state index >= 15 is 0 Å². The van der Waals surface area contributed by atoms with E-state index in [2.05, 4.69) is 5.10 Å². The molecule has 4 nitrogen and oxygen atoms in total. The first kappa shape index (κ1) is 9.97. The van der Waals surface area contributed by atoms with Crippen molar-refractivity contribution in [3.63, 3.8) is 0 Å². The number of halogens is 1. The van der Waals surface area contributed by atoms with Crippen LogP contribution in [0, 0.1) is 0 Å². The molecule has 0 aliphatic rings. The zero-order chi connectivity index (χ0) is 8.55. The van der Waals surface area contributed by atoms with Gasteiger partial charge in [0.15, 0.2) is 0 Å². The molecule has 0 aromatic carbocycles. The van der Waals surface area contributed by atoms with Gasteiger partial charge in [-0.25, -0.2) is 4.52 Å². The fourth-order valence-corrected chi connectivity index (χ4v) is 1.06. The second kappa shape index (κ2) is 3.73. The van der Waals surface area contributed by atoms with Crippen LogP contribution >= 0.6 is 24.0 Å².